The molecule has 0 aliphatic carbocycles. The molecule has 0 N–H and O–H groups in total. The van der Waals surface area contributed by atoms with E-state index in [0.29, 0.717) is 52.4 Å². The van der Waals surface area contributed by atoms with Crippen molar-refractivity contribution in [2.75, 3.05) is 58.9 Å². The van der Waals surface area contributed by atoms with Crippen molar-refractivity contribution in [1.29, 1.82) is 0 Å². The van der Waals surface area contributed by atoms with Gasteiger partial charge in [0, 0.05) is 45.8 Å². The van der Waals surface area contributed by atoms with Crippen LogP contribution in [0.5, 0.6) is 0 Å². The van der Waals surface area contributed by atoms with Gasteiger partial charge in [-0.05, 0) is 26.8 Å². The molecule has 0 radical (unpaired) electrons. The minimum atomic E-state index is -3.38. The van der Waals surface area contributed by atoms with Gasteiger partial charge in [-0.25, -0.2) is 0 Å². The van der Waals surface area contributed by atoms with Crippen molar-refractivity contribution >= 4 is 16.1 Å². The highest BCUT2D eigenvalue weighted by atomic mass is 32.2. The highest BCUT2D eigenvalue weighted by Gasteiger charge is 2.29. The summed E-state index contributed by atoms with van der Waals surface area (Å²) in [5.41, 5.74) is 0. The first-order valence-corrected chi connectivity index (χ1v) is 10.1. The summed E-state index contributed by atoms with van der Waals surface area (Å²) in [6.45, 7) is 12.8. The molecule has 0 aromatic heterocycles. The maximum absolute atomic E-state index is 12.6. The number of amides is 1. The van der Waals surface area contributed by atoms with Crippen molar-refractivity contribution in [3.63, 3.8) is 0 Å². The molecule has 7 nitrogen and oxygen atoms in total. The molecule has 136 valence electrons. The second-order valence-electron chi connectivity index (χ2n) is 5.69. The molecule has 0 aromatic rings. The van der Waals surface area contributed by atoms with Gasteiger partial charge >= 0.3 is 0 Å². The van der Waals surface area contributed by atoms with E-state index < -0.39 is 10.2 Å². The van der Waals surface area contributed by atoms with Gasteiger partial charge in [0.2, 0.25) is 5.91 Å². The fraction of sp³-hybridized carbons (Fsp3) is 0.933. The van der Waals surface area contributed by atoms with Crippen LogP contribution in [-0.2, 0) is 15.0 Å². The average molecular weight is 349 g/mol. The number of rotatable bonds is 8. The molecular weight excluding hydrogens is 316 g/mol. The third kappa shape index (κ3) is 5.41. The Morgan fingerprint density at radius 2 is 1.52 bits per heavy atom. The number of nitrogens with zero attached hydrogens (tertiary/aromatic N) is 4. The number of hydrogen-bond donors (Lipinski definition) is 0. The summed E-state index contributed by atoms with van der Waals surface area (Å²) < 4.78 is 28.2. The number of likely N-dealkylation sites (N-methyl/N-ethyl adjacent to an activating group) is 1. The predicted octanol–water partition coefficient (Wildman–Crippen LogP) is 0.449. The Balaban J connectivity index is 2.65. The molecule has 0 spiro atoms. The zero-order chi connectivity index (χ0) is 17.5. The van der Waals surface area contributed by atoms with Crippen molar-refractivity contribution in [2.24, 2.45) is 0 Å². The standard InChI is InChI=1S/C15H32N4O3S/c1-5-17(6-2)15(20)14-16-10-9-11-19(13-12-16)23(21,22)18(7-3)8-4/h5-14H2,1-4H3. The molecule has 0 atom stereocenters. The summed E-state index contributed by atoms with van der Waals surface area (Å²) in [7, 11) is -3.38. The minimum Gasteiger partial charge on any atom is -0.342 e. The normalized spacial score (nSPS) is 18.1. The van der Waals surface area contributed by atoms with E-state index in [4.69, 9.17) is 0 Å². The van der Waals surface area contributed by atoms with E-state index in [0.717, 1.165) is 13.0 Å². The lowest BCUT2D eigenvalue weighted by Gasteiger charge is -2.28. The van der Waals surface area contributed by atoms with Crippen molar-refractivity contribution < 1.29 is 13.2 Å². The fourth-order valence-corrected chi connectivity index (χ4v) is 4.57. The van der Waals surface area contributed by atoms with E-state index in [9.17, 15) is 13.2 Å². The smallest absolute Gasteiger partial charge is 0.281 e. The van der Waals surface area contributed by atoms with Crippen molar-refractivity contribution in [3.8, 4) is 0 Å². The lowest BCUT2D eigenvalue weighted by molar-refractivity contribution is -0.132. The first-order chi connectivity index (χ1) is 10.9. The average Bonchev–Trinajstić information content (AvgIpc) is 2.75. The maximum atomic E-state index is 12.6. The number of carbonyl (C=O) groups excluding carboxylic acids is 1. The van der Waals surface area contributed by atoms with Crippen molar-refractivity contribution in [1.82, 2.24) is 18.4 Å². The SMILES string of the molecule is CCN(CC)C(=O)CN1CCCN(S(=O)(=O)N(CC)CC)CC1. The molecule has 1 amide bonds. The maximum Gasteiger partial charge on any atom is 0.281 e. The Morgan fingerprint density at radius 3 is 2.04 bits per heavy atom. The van der Waals surface area contributed by atoms with E-state index in [1.165, 1.54) is 4.31 Å². The summed E-state index contributed by atoms with van der Waals surface area (Å²) in [6, 6.07) is 0. The summed E-state index contributed by atoms with van der Waals surface area (Å²) in [5, 5.41) is 0. The molecular formula is C15H32N4O3S. The fourth-order valence-electron chi connectivity index (χ4n) is 2.92. The molecule has 8 heteroatoms. The lowest BCUT2D eigenvalue weighted by Crippen LogP contribution is -2.46. The molecule has 1 rings (SSSR count). The zero-order valence-electron chi connectivity index (χ0n) is 15.0. The number of carbonyl (C=O) groups is 1. The van der Waals surface area contributed by atoms with Gasteiger partial charge in [-0.1, -0.05) is 13.8 Å². The highest BCUT2D eigenvalue weighted by Crippen LogP contribution is 2.12. The molecule has 0 saturated carbocycles. The van der Waals surface area contributed by atoms with Crippen LogP contribution in [0.3, 0.4) is 0 Å². The second kappa shape index (κ2) is 9.56. The van der Waals surface area contributed by atoms with Crippen molar-refractivity contribution in [3.05, 3.63) is 0 Å². The summed E-state index contributed by atoms with van der Waals surface area (Å²) in [4.78, 5) is 16.1. The topological polar surface area (TPSA) is 64.2 Å². The van der Waals surface area contributed by atoms with E-state index in [-0.39, 0.29) is 5.91 Å². The highest BCUT2D eigenvalue weighted by molar-refractivity contribution is 7.86. The molecule has 1 heterocycles. The third-order valence-electron chi connectivity index (χ3n) is 4.38. The predicted molar refractivity (Wildman–Crippen MR) is 92.4 cm³/mol. The first kappa shape index (κ1) is 20.3. The van der Waals surface area contributed by atoms with E-state index in [2.05, 4.69) is 4.90 Å². The van der Waals surface area contributed by atoms with Gasteiger partial charge < -0.3 is 4.90 Å². The van der Waals surface area contributed by atoms with Crippen LogP contribution >= 0.6 is 0 Å². The van der Waals surface area contributed by atoms with E-state index in [1.807, 2.05) is 32.6 Å². The monoisotopic (exact) mass is 348 g/mol. The van der Waals surface area contributed by atoms with E-state index >= 15 is 0 Å². The Kier molecular flexibility index (Phi) is 8.46. The first-order valence-electron chi connectivity index (χ1n) is 8.65. The van der Waals surface area contributed by atoms with Gasteiger partial charge in [0.05, 0.1) is 6.54 Å². The molecule has 1 aliphatic rings. The minimum absolute atomic E-state index is 0.120. The summed E-state index contributed by atoms with van der Waals surface area (Å²) in [5.74, 6) is 0.120. The Hall–Kier alpha value is -0.700. The lowest BCUT2D eigenvalue weighted by atomic mass is 10.3. The molecule has 1 aliphatic heterocycles. The summed E-state index contributed by atoms with van der Waals surface area (Å²) >= 11 is 0. The van der Waals surface area contributed by atoms with Crippen LogP contribution in [-0.4, -0.2) is 91.6 Å². The molecule has 23 heavy (non-hydrogen) atoms. The van der Waals surface area contributed by atoms with Gasteiger partial charge in [-0.3, -0.25) is 9.69 Å². The molecule has 0 aromatic carbocycles. The van der Waals surface area contributed by atoms with Crippen LogP contribution < -0.4 is 0 Å². The van der Waals surface area contributed by atoms with Crippen LogP contribution in [0.2, 0.25) is 0 Å². The molecule has 1 saturated heterocycles. The Labute approximate surface area is 141 Å². The molecule has 0 unspecified atom stereocenters. The quantitative estimate of drug-likeness (QED) is 0.639. The van der Waals surface area contributed by atoms with Gasteiger partial charge in [0.15, 0.2) is 0 Å². The molecule has 1 fully saturated rings. The van der Waals surface area contributed by atoms with Crippen LogP contribution in [0.4, 0.5) is 0 Å². The Bertz CT molecular complexity index is 461. The second-order valence-corrected chi connectivity index (χ2v) is 7.62. The largest absolute Gasteiger partial charge is 0.342 e. The van der Waals surface area contributed by atoms with Crippen LogP contribution in [0, 0.1) is 0 Å². The van der Waals surface area contributed by atoms with Gasteiger partial charge in [-0.2, -0.15) is 17.0 Å². The van der Waals surface area contributed by atoms with Gasteiger partial charge in [0.25, 0.3) is 10.2 Å². The summed E-state index contributed by atoms with van der Waals surface area (Å²) in [6.07, 6.45) is 0.756. The van der Waals surface area contributed by atoms with Crippen molar-refractivity contribution in [2.45, 2.75) is 34.1 Å². The molecule has 0 bridgehead atoms. The number of hydrogen-bond acceptors (Lipinski definition) is 4. The van der Waals surface area contributed by atoms with Crippen LogP contribution in [0.25, 0.3) is 0 Å². The third-order valence-corrected chi connectivity index (χ3v) is 6.57. The van der Waals surface area contributed by atoms with Gasteiger partial charge in [-0.15, -0.1) is 0 Å². The zero-order valence-corrected chi connectivity index (χ0v) is 15.8. The van der Waals surface area contributed by atoms with Crippen LogP contribution in [0.15, 0.2) is 0 Å². The van der Waals surface area contributed by atoms with Gasteiger partial charge in [0.1, 0.15) is 0 Å². The van der Waals surface area contributed by atoms with Crippen LogP contribution in [0.1, 0.15) is 34.1 Å². The Morgan fingerprint density at radius 1 is 0.913 bits per heavy atom. The van der Waals surface area contributed by atoms with E-state index in [1.54, 1.807) is 4.31 Å².